The van der Waals surface area contributed by atoms with Crippen molar-refractivity contribution in [1.29, 1.82) is 0 Å². The van der Waals surface area contributed by atoms with Gasteiger partial charge in [0.2, 0.25) is 0 Å². The van der Waals surface area contributed by atoms with Crippen LogP contribution in [0.3, 0.4) is 0 Å². The molecule has 1 amide bonds. The lowest BCUT2D eigenvalue weighted by Gasteiger charge is -1.75. The van der Waals surface area contributed by atoms with E-state index in [-0.39, 0.29) is 0 Å². The van der Waals surface area contributed by atoms with Crippen LogP contribution < -0.4 is 5.48 Å². The molecule has 0 saturated heterocycles. The molecule has 33 valence electrons. The molecule has 6 heavy (non-hydrogen) atoms. The third-order valence-electron chi connectivity index (χ3n) is 0.273. The van der Waals surface area contributed by atoms with Crippen molar-refractivity contribution in [1.82, 2.24) is 5.48 Å². The van der Waals surface area contributed by atoms with E-state index < -0.39 is 5.91 Å². The third kappa shape index (κ3) is 1.49. The summed E-state index contributed by atoms with van der Waals surface area (Å²) in [5.74, 6) is -0.713. The largest absolute Gasteiger partial charge is 0.291 e. The molecule has 3 heteroatoms. The van der Waals surface area contributed by atoms with Gasteiger partial charge in [0, 0.05) is 6.08 Å². The van der Waals surface area contributed by atoms with Crippen LogP contribution in [0.1, 0.15) is 0 Å². The quantitative estimate of drug-likeness (QED) is 0.270. The Balaban J connectivity index is 3.23. The molecule has 0 atom stereocenters. The Hall–Kier alpha value is -0.830. The summed E-state index contributed by atoms with van der Waals surface area (Å²) < 4.78 is 0. The van der Waals surface area contributed by atoms with Crippen LogP contribution in [0.15, 0.2) is 12.7 Å². The Morgan fingerprint density at radius 2 is 2.50 bits per heavy atom. The molecule has 0 spiro atoms. The fourth-order valence-corrected chi connectivity index (χ4v) is 0.0408. The lowest BCUT2D eigenvalue weighted by atomic mass is 10.6. The van der Waals surface area contributed by atoms with Gasteiger partial charge in [0.1, 0.15) is 0 Å². The number of carbonyl (C=O) groups excluding carboxylic acids is 1. The van der Waals surface area contributed by atoms with Crippen molar-refractivity contribution < 1.29 is 10.0 Å². The highest BCUT2D eigenvalue weighted by atomic mass is 16.5. The zero-order valence-electron chi connectivity index (χ0n) is 3.09. The van der Waals surface area contributed by atoms with E-state index in [1.54, 1.807) is 0 Å². The van der Waals surface area contributed by atoms with Crippen molar-refractivity contribution in [2.45, 2.75) is 0 Å². The van der Waals surface area contributed by atoms with Gasteiger partial charge in [-0.15, -0.1) is 0 Å². The monoisotopic (exact) mass is 86.0 g/mol. The first kappa shape index (κ1) is 5.17. The van der Waals surface area contributed by atoms with Crippen LogP contribution in [0.2, 0.25) is 0 Å². The maximum absolute atomic E-state index is 9.65. The van der Waals surface area contributed by atoms with Crippen molar-refractivity contribution in [3.05, 3.63) is 12.7 Å². The zero-order valence-corrected chi connectivity index (χ0v) is 3.09. The number of rotatable bonds is 1. The fraction of sp³-hybridized carbons (Fsp3) is 0. The van der Waals surface area contributed by atoms with Gasteiger partial charge in [0.05, 0.1) is 0 Å². The molecule has 0 rings (SSSR count). The molecule has 0 fully saturated rings. The Kier molecular flexibility index (Phi) is 2.08. The van der Waals surface area contributed by atoms with Gasteiger partial charge in [0.25, 0.3) is 5.91 Å². The first-order valence-electron chi connectivity index (χ1n) is 1.32. The number of nitrogens with zero attached hydrogens (tertiary/aromatic N) is 1. The average Bonchev–Trinajstić information content (AvgIpc) is 1.65. The van der Waals surface area contributed by atoms with Crippen molar-refractivity contribution in [3.8, 4) is 0 Å². The highest BCUT2D eigenvalue weighted by Crippen LogP contribution is 1.59. The smallest absolute Gasteiger partial charge is 0.265 e. The standard InChI is InChI=1S/C3H4NO2/c1-2-3(5)4-6/h2,6H,1H2. The summed E-state index contributed by atoms with van der Waals surface area (Å²) in [5.41, 5.74) is 2.25. The van der Waals surface area contributed by atoms with Gasteiger partial charge in [-0.3, -0.25) is 10.0 Å². The fourth-order valence-electron chi connectivity index (χ4n) is 0.0408. The molecule has 0 saturated carbocycles. The van der Waals surface area contributed by atoms with Crippen LogP contribution in [-0.4, -0.2) is 11.1 Å². The van der Waals surface area contributed by atoms with Crippen LogP contribution in [0.25, 0.3) is 0 Å². The number of hydroxylamine groups is 1. The average molecular weight is 86.1 g/mol. The molecule has 1 N–H and O–H groups in total. The number of hydrogen-bond donors (Lipinski definition) is 1. The minimum absolute atomic E-state index is 0.713. The second kappa shape index (κ2) is 2.41. The summed E-state index contributed by atoms with van der Waals surface area (Å²) in [5, 5.41) is 7.54. The summed E-state index contributed by atoms with van der Waals surface area (Å²) in [6.07, 6.45) is 0.917. The highest BCUT2D eigenvalue weighted by molar-refractivity contribution is 5.85. The molecule has 0 bridgehead atoms. The molecule has 0 aliphatic carbocycles. The summed E-state index contributed by atoms with van der Waals surface area (Å²) in [6.45, 7) is 3.03. The van der Waals surface area contributed by atoms with Crippen LogP contribution in [0, 0.1) is 0 Å². The van der Waals surface area contributed by atoms with Crippen molar-refractivity contribution in [2.24, 2.45) is 0 Å². The second-order valence-corrected chi connectivity index (χ2v) is 0.642. The molecule has 1 radical (unpaired) electrons. The van der Waals surface area contributed by atoms with Crippen LogP contribution >= 0.6 is 0 Å². The molecular formula is C3H4NO2. The van der Waals surface area contributed by atoms with Crippen LogP contribution in [0.5, 0.6) is 0 Å². The number of amides is 1. The molecule has 0 aliphatic rings. The van der Waals surface area contributed by atoms with Gasteiger partial charge in [-0.2, -0.15) is 0 Å². The Bertz CT molecular complexity index is 69.2. The topological polar surface area (TPSA) is 51.4 Å². The van der Waals surface area contributed by atoms with Gasteiger partial charge in [-0.25, -0.2) is 0 Å². The predicted octanol–water partition coefficient (Wildman–Crippen LogP) is -0.307. The first-order valence-corrected chi connectivity index (χ1v) is 1.32. The van der Waals surface area contributed by atoms with Gasteiger partial charge >= 0.3 is 0 Å². The SMILES string of the molecule is C=CC(=O)[N]O. The van der Waals surface area contributed by atoms with E-state index in [0.29, 0.717) is 0 Å². The van der Waals surface area contributed by atoms with Gasteiger partial charge < -0.3 is 0 Å². The maximum atomic E-state index is 9.65. The van der Waals surface area contributed by atoms with Crippen molar-refractivity contribution in [2.75, 3.05) is 0 Å². The van der Waals surface area contributed by atoms with Gasteiger partial charge in [-0.1, -0.05) is 12.1 Å². The summed E-state index contributed by atoms with van der Waals surface area (Å²) in [7, 11) is 0. The molecule has 0 aromatic rings. The van der Waals surface area contributed by atoms with E-state index in [9.17, 15) is 4.79 Å². The Morgan fingerprint density at radius 3 is 2.50 bits per heavy atom. The van der Waals surface area contributed by atoms with Crippen molar-refractivity contribution in [3.63, 3.8) is 0 Å². The lowest BCUT2D eigenvalue weighted by Crippen LogP contribution is -2.05. The Labute approximate surface area is 35.2 Å². The molecule has 0 unspecified atom stereocenters. The zero-order chi connectivity index (χ0) is 4.99. The molecule has 0 aliphatic heterocycles. The molecule has 0 aromatic heterocycles. The number of hydrogen-bond acceptors (Lipinski definition) is 2. The van der Waals surface area contributed by atoms with Gasteiger partial charge in [0.15, 0.2) is 0 Å². The van der Waals surface area contributed by atoms with E-state index in [1.807, 2.05) is 0 Å². The van der Waals surface area contributed by atoms with Crippen molar-refractivity contribution >= 4 is 5.91 Å². The maximum Gasteiger partial charge on any atom is 0.291 e. The Morgan fingerprint density at radius 1 is 2.00 bits per heavy atom. The predicted molar refractivity (Wildman–Crippen MR) is 19.1 cm³/mol. The van der Waals surface area contributed by atoms with E-state index in [0.717, 1.165) is 6.08 Å². The molecule has 0 aromatic carbocycles. The lowest BCUT2D eigenvalue weighted by molar-refractivity contribution is -0.124. The van der Waals surface area contributed by atoms with Crippen LogP contribution in [-0.2, 0) is 4.79 Å². The van der Waals surface area contributed by atoms with E-state index in [4.69, 9.17) is 5.21 Å². The summed E-state index contributed by atoms with van der Waals surface area (Å²) in [4.78, 5) is 9.65. The minimum Gasteiger partial charge on any atom is -0.265 e. The van der Waals surface area contributed by atoms with Crippen LogP contribution in [0.4, 0.5) is 0 Å². The number of carbonyl (C=O) groups is 1. The van der Waals surface area contributed by atoms with E-state index in [1.165, 1.54) is 0 Å². The molecule has 0 heterocycles. The minimum atomic E-state index is -0.713. The van der Waals surface area contributed by atoms with E-state index in [2.05, 4.69) is 12.1 Å². The summed E-state index contributed by atoms with van der Waals surface area (Å²) >= 11 is 0. The highest BCUT2D eigenvalue weighted by Gasteiger charge is 1.85. The second-order valence-electron chi connectivity index (χ2n) is 0.642. The summed E-state index contributed by atoms with van der Waals surface area (Å²) in [6, 6.07) is 0. The normalized spacial score (nSPS) is 6.83. The van der Waals surface area contributed by atoms with E-state index >= 15 is 0 Å². The molecule has 3 nitrogen and oxygen atoms in total. The third-order valence-corrected chi connectivity index (χ3v) is 0.273. The first-order chi connectivity index (χ1) is 2.81. The molecular weight excluding hydrogens is 82.0 g/mol. The van der Waals surface area contributed by atoms with Gasteiger partial charge in [-0.05, 0) is 0 Å².